The molecule has 2 aromatic carbocycles. The second-order valence-corrected chi connectivity index (χ2v) is 10.9. The van der Waals surface area contributed by atoms with Gasteiger partial charge in [-0.05, 0) is 75.9 Å². The number of amides is 1. The van der Waals surface area contributed by atoms with Crippen LogP contribution in [0.25, 0.3) is 0 Å². The number of non-ortho nitro benzene ring substituents is 1. The van der Waals surface area contributed by atoms with Crippen LogP contribution in [-0.4, -0.2) is 57.5 Å². The normalized spacial score (nSPS) is 16.2. The highest BCUT2D eigenvalue weighted by molar-refractivity contribution is 6.06. The van der Waals surface area contributed by atoms with Crippen LogP contribution in [-0.2, 0) is 26.1 Å². The number of halogens is 3. The number of likely N-dealkylation sites (tertiary alicyclic amines) is 1. The summed E-state index contributed by atoms with van der Waals surface area (Å²) in [5.41, 5.74) is 1.50. The van der Waals surface area contributed by atoms with Crippen molar-refractivity contribution in [2.24, 2.45) is 13.0 Å². The summed E-state index contributed by atoms with van der Waals surface area (Å²) in [4.78, 5) is 41.2. The number of fused-ring (bicyclic) bond motifs is 1. The molecule has 2 aliphatic rings. The van der Waals surface area contributed by atoms with Crippen LogP contribution in [0.15, 0.2) is 48.5 Å². The fourth-order valence-electron chi connectivity index (χ4n) is 5.93. The highest BCUT2D eigenvalue weighted by Crippen LogP contribution is 2.33. The molecule has 1 aliphatic carbocycles. The van der Waals surface area contributed by atoms with E-state index in [-0.39, 0.29) is 28.9 Å². The van der Waals surface area contributed by atoms with Crippen LogP contribution in [0.5, 0.6) is 0 Å². The molecule has 222 valence electrons. The molecular formula is C30H32F3N5O4. The molecule has 1 amide bonds. The van der Waals surface area contributed by atoms with Crippen molar-refractivity contribution in [3.8, 4) is 0 Å². The van der Waals surface area contributed by atoms with Gasteiger partial charge in [0.05, 0.1) is 16.2 Å². The maximum Gasteiger partial charge on any atom is 0.416 e. The number of hydrogen-bond donors (Lipinski definition) is 0. The first kappa shape index (κ1) is 29.4. The van der Waals surface area contributed by atoms with Gasteiger partial charge in [0.1, 0.15) is 5.82 Å². The maximum atomic E-state index is 13.8. The Labute approximate surface area is 241 Å². The lowest BCUT2D eigenvalue weighted by atomic mass is 9.88. The molecule has 0 radical (unpaired) electrons. The van der Waals surface area contributed by atoms with E-state index < -0.39 is 16.7 Å². The number of nitrogens with zero attached hydrogens (tertiary/aromatic N) is 5. The number of carbonyl (C=O) groups excluding carboxylic acids is 2. The van der Waals surface area contributed by atoms with Gasteiger partial charge in [0, 0.05) is 54.9 Å². The van der Waals surface area contributed by atoms with E-state index in [1.807, 2.05) is 7.05 Å². The third kappa shape index (κ3) is 6.23. The molecule has 0 spiro atoms. The number of ketones is 1. The number of nitro benzene ring substituents is 1. The van der Waals surface area contributed by atoms with Crippen molar-refractivity contribution >= 4 is 23.2 Å². The molecule has 42 heavy (non-hydrogen) atoms. The van der Waals surface area contributed by atoms with Crippen molar-refractivity contribution in [2.75, 3.05) is 31.1 Å². The van der Waals surface area contributed by atoms with Gasteiger partial charge in [-0.3, -0.25) is 29.3 Å². The first-order valence-corrected chi connectivity index (χ1v) is 14.1. The zero-order chi connectivity index (χ0) is 30.0. The lowest BCUT2D eigenvalue weighted by molar-refractivity contribution is -0.384. The smallest absolute Gasteiger partial charge is 0.302 e. The predicted octanol–water partition coefficient (Wildman–Crippen LogP) is 5.47. The summed E-state index contributed by atoms with van der Waals surface area (Å²) < 4.78 is 41.1. The topological polar surface area (TPSA) is 102 Å². The fourth-order valence-corrected chi connectivity index (χ4v) is 5.93. The maximum absolute atomic E-state index is 13.8. The number of alkyl halides is 3. The molecule has 1 fully saturated rings. The summed E-state index contributed by atoms with van der Waals surface area (Å²) in [5.74, 6) is -0.206. The number of piperidine rings is 1. The van der Waals surface area contributed by atoms with Gasteiger partial charge >= 0.3 is 6.18 Å². The predicted molar refractivity (Wildman–Crippen MR) is 150 cm³/mol. The standard InChI is InChI=1S/C30H32F3N5O4/c1-35-28(25-7-2-3-8-26(25)34-35)37(29(40)21-9-11-24(12-10-21)38(41)42)18-17-36-15-13-20(14-16-36)27(39)22-5-4-6-23(19-22)30(31,32)33/h4-6,9-12,19-20H,2-3,7-8,13-18H2,1H3. The van der Waals surface area contributed by atoms with Crippen LogP contribution < -0.4 is 4.90 Å². The summed E-state index contributed by atoms with van der Waals surface area (Å²) in [6.07, 6.45) is 0.192. The summed E-state index contributed by atoms with van der Waals surface area (Å²) in [7, 11) is 1.81. The molecule has 9 nitrogen and oxygen atoms in total. The Bertz CT molecular complexity index is 1480. The summed E-state index contributed by atoms with van der Waals surface area (Å²) >= 11 is 0. The molecule has 1 aliphatic heterocycles. The number of rotatable bonds is 8. The van der Waals surface area contributed by atoms with E-state index in [4.69, 9.17) is 0 Å². The fraction of sp³-hybridized carbons (Fsp3) is 0.433. The molecule has 2 heterocycles. The minimum Gasteiger partial charge on any atom is -0.302 e. The average Bonchev–Trinajstić information content (AvgIpc) is 3.32. The molecule has 0 unspecified atom stereocenters. The quantitative estimate of drug-likeness (QED) is 0.198. The van der Waals surface area contributed by atoms with Crippen molar-refractivity contribution in [1.29, 1.82) is 0 Å². The molecule has 0 saturated carbocycles. The van der Waals surface area contributed by atoms with Crippen LogP contribution in [0.4, 0.5) is 24.7 Å². The van der Waals surface area contributed by atoms with E-state index in [1.165, 1.54) is 36.4 Å². The third-order valence-corrected chi connectivity index (χ3v) is 8.18. The van der Waals surface area contributed by atoms with Crippen LogP contribution in [0.3, 0.4) is 0 Å². The number of carbonyl (C=O) groups is 2. The Morgan fingerprint density at radius 2 is 1.74 bits per heavy atom. The Hall–Kier alpha value is -4.06. The van der Waals surface area contributed by atoms with E-state index in [0.29, 0.717) is 44.6 Å². The minimum absolute atomic E-state index is 0.0733. The third-order valence-electron chi connectivity index (χ3n) is 8.18. The molecule has 3 aromatic rings. The molecule has 1 aromatic heterocycles. The van der Waals surface area contributed by atoms with Crippen molar-refractivity contribution in [2.45, 2.75) is 44.7 Å². The zero-order valence-electron chi connectivity index (χ0n) is 23.3. The second-order valence-electron chi connectivity index (χ2n) is 10.9. The Morgan fingerprint density at radius 1 is 1.05 bits per heavy atom. The number of benzene rings is 2. The number of hydrogen-bond acceptors (Lipinski definition) is 6. The largest absolute Gasteiger partial charge is 0.416 e. The lowest BCUT2D eigenvalue weighted by Gasteiger charge is -2.33. The van der Waals surface area contributed by atoms with Crippen molar-refractivity contribution in [3.05, 3.63) is 86.6 Å². The Morgan fingerprint density at radius 3 is 2.40 bits per heavy atom. The van der Waals surface area contributed by atoms with Crippen LogP contribution >= 0.6 is 0 Å². The summed E-state index contributed by atoms with van der Waals surface area (Å²) in [5, 5.41) is 15.8. The van der Waals surface area contributed by atoms with Gasteiger partial charge in [0.15, 0.2) is 5.78 Å². The van der Waals surface area contributed by atoms with Gasteiger partial charge in [-0.15, -0.1) is 0 Å². The number of anilines is 1. The molecule has 12 heteroatoms. The molecule has 5 rings (SSSR count). The number of aryl methyl sites for hydroxylation is 2. The Balaban J connectivity index is 1.29. The Kier molecular flexibility index (Phi) is 8.44. The second kappa shape index (κ2) is 12.0. The van der Waals surface area contributed by atoms with Crippen LogP contribution in [0, 0.1) is 16.0 Å². The summed E-state index contributed by atoms with van der Waals surface area (Å²) in [6, 6.07) is 10.1. The van der Waals surface area contributed by atoms with E-state index in [1.54, 1.807) is 9.58 Å². The van der Waals surface area contributed by atoms with Crippen molar-refractivity contribution < 1.29 is 27.7 Å². The van der Waals surface area contributed by atoms with Gasteiger partial charge < -0.3 is 4.90 Å². The van der Waals surface area contributed by atoms with Gasteiger partial charge in [-0.2, -0.15) is 18.3 Å². The van der Waals surface area contributed by atoms with Crippen LogP contribution in [0.2, 0.25) is 0 Å². The highest BCUT2D eigenvalue weighted by Gasteiger charge is 2.33. The van der Waals surface area contributed by atoms with Gasteiger partial charge in [-0.25, -0.2) is 0 Å². The summed E-state index contributed by atoms with van der Waals surface area (Å²) in [6.45, 7) is 1.99. The van der Waals surface area contributed by atoms with Crippen molar-refractivity contribution in [3.63, 3.8) is 0 Å². The van der Waals surface area contributed by atoms with Crippen LogP contribution in [0.1, 0.15) is 63.2 Å². The molecule has 0 N–H and O–H groups in total. The van der Waals surface area contributed by atoms with Crippen molar-refractivity contribution in [1.82, 2.24) is 14.7 Å². The van der Waals surface area contributed by atoms with E-state index in [0.717, 1.165) is 54.9 Å². The van der Waals surface area contributed by atoms with E-state index in [9.17, 15) is 32.9 Å². The number of Topliss-reactive ketones (excluding diaryl/α,β-unsaturated/α-hetero) is 1. The first-order valence-electron chi connectivity index (χ1n) is 14.1. The molecule has 0 bridgehead atoms. The molecular weight excluding hydrogens is 551 g/mol. The van der Waals surface area contributed by atoms with E-state index >= 15 is 0 Å². The monoisotopic (exact) mass is 583 g/mol. The average molecular weight is 584 g/mol. The molecule has 1 saturated heterocycles. The van der Waals surface area contributed by atoms with E-state index in [2.05, 4.69) is 10.00 Å². The van der Waals surface area contributed by atoms with Gasteiger partial charge in [0.2, 0.25) is 0 Å². The highest BCUT2D eigenvalue weighted by atomic mass is 19.4. The number of aromatic nitrogens is 2. The minimum atomic E-state index is -4.51. The first-order chi connectivity index (χ1) is 20.0. The molecule has 0 atom stereocenters. The van der Waals surface area contributed by atoms with Gasteiger partial charge in [0.25, 0.3) is 11.6 Å². The zero-order valence-corrected chi connectivity index (χ0v) is 23.3. The SMILES string of the molecule is Cn1nc2c(c1N(CCN1CCC(C(=O)c3cccc(C(F)(F)F)c3)CC1)C(=O)c1ccc([N+](=O)[O-])cc1)CCCC2. The number of nitro groups is 1. The lowest BCUT2D eigenvalue weighted by Crippen LogP contribution is -2.43. The van der Waals surface area contributed by atoms with Gasteiger partial charge in [-0.1, -0.05) is 12.1 Å².